The maximum Gasteiger partial charge on any atom is 0.236 e. The first kappa shape index (κ1) is 63.0. The molecule has 0 spiro atoms. The molecular weight excluding hydrogens is 789 g/mol. The molecule has 1 aliphatic rings. The van der Waals surface area contributed by atoms with E-state index < -0.39 is 0 Å². The van der Waals surface area contributed by atoms with Crippen LogP contribution in [0.3, 0.4) is 0 Å². The Hall–Kier alpha value is -1.02. The van der Waals surface area contributed by atoms with Gasteiger partial charge in [-0.3, -0.25) is 14.6 Å². The molecule has 1 saturated heterocycles. The predicted octanol–water partition coefficient (Wildman–Crippen LogP) is 15.3. The molecule has 0 N–H and O–H groups in total. The van der Waals surface area contributed by atoms with E-state index in [4.69, 9.17) is 4.74 Å². The van der Waals surface area contributed by atoms with Gasteiger partial charge in [-0.15, -0.1) is 0 Å². The van der Waals surface area contributed by atoms with Crippen LogP contribution in [0.5, 0.6) is 0 Å². The zero-order valence-corrected chi connectivity index (χ0v) is 44.6. The van der Waals surface area contributed by atoms with Gasteiger partial charge in [-0.2, -0.15) is 0 Å². The maximum absolute atomic E-state index is 13.3. The van der Waals surface area contributed by atoms with E-state index in [-0.39, 0.29) is 0 Å². The summed E-state index contributed by atoms with van der Waals surface area (Å²) >= 11 is 0. The normalized spacial score (nSPS) is 14.0. The van der Waals surface area contributed by atoms with E-state index in [0.717, 1.165) is 65.1 Å². The lowest BCUT2D eigenvalue weighted by Gasteiger charge is -2.29. The van der Waals surface area contributed by atoms with Gasteiger partial charge in [-0.05, 0) is 71.2 Å². The molecule has 7 nitrogen and oxygen atoms in total. The van der Waals surface area contributed by atoms with Crippen LogP contribution < -0.4 is 0 Å². The lowest BCUT2D eigenvalue weighted by atomic mass is 10.1. The number of hydrogen-bond acceptors (Lipinski definition) is 6. The van der Waals surface area contributed by atoms with Crippen molar-refractivity contribution in [3.05, 3.63) is 0 Å². The van der Waals surface area contributed by atoms with Gasteiger partial charge in [0.05, 0.1) is 19.7 Å². The second kappa shape index (κ2) is 51.4. The van der Waals surface area contributed by atoms with Crippen LogP contribution in [0.15, 0.2) is 0 Å². The smallest absolute Gasteiger partial charge is 0.236 e. The average molecular weight is 906 g/mol. The largest absolute Gasteiger partial charge is 0.384 e. The van der Waals surface area contributed by atoms with Gasteiger partial charge in [0, 0.05) is 39.2 Å². The average Bonchev–Trinajstić information content (AvgIpc) is 3.78. The first-order valence-electron chi connectivity index (χ1n) is 28.9. The van der Waals surface area contributed by atoms with Crippen LogP contribution in [0.25, 0.3) is 0 Å². The highest BCUT2D eigenvalue weighted by Crippen LogP contribution is 2.18. The number of carbonyl (C=O) groups excluding carboxylic acids is 2. The highest BCUT2D eigenvalue weighted by Gasteiger charge is 2.27. The van der Waals surface area contributed by atoms with Gasteiger partial charge >= 0.3 is 0 Å². The van der Waals surface area contributed by atoms with E-state index in [1.807, 2.05) is 0 Å². The summed E-state index contributed by atoms with van der Waals surface area (Å²) in [4.78, 5) is 33.8. The Bertz CT molecular complexity index is 900. The first-order valence-corrected chi connectivity index (χ1v) is 28.9. The lowest BCUT2D eigenvalue weighted by Crippen LogP contribution is -2.43. The van der Waals surface area contributed by atoms with Crippen molar-refractivity contribution in [1.82, 2.24) is 19.6 Å². The molecule has 1 heterocycles. The van der Waals surface area contributed by atoms with Gasteiger partial charge < -0.3 is 19.3 Å². The second-order valence-corrected chi connectivity index (χ2v) is 20.1. The Kier molecular flexibility index (Phi) is 50.6. The van der Waals surface area contributed by atoms with E-state index in [2.05, 4.69) is 54.2 Å². The highest BCUT2D eigenvalue weighted by atomic mass is 16.5. The molecule has 382 valence electrons. The number of carbonyl (C=O) groups is 2. The van der Waals surface area contributed by atoms with E-state index in [0.29, 0.717) is 24.9 Å². The Morgan fingerprint density at radius 1 is 0.453 bits per heavy atom. The van der Waals surface area contributed by atoms with Crippen LogP contribution in [0.1, 0.15) is 266 Å². The van der Waals surface area contributed by atoms with Gasteiger partial charge in [-0.1, -0.05) is 227 Å². The topological polar surface area (TPSA) is 56.3 Å². The maximum atomic E-state index is 13.3. The van der Waals surface area contributed by atoms with E-state index in [9.17, 15) is 9.59 Å². The Morgan fingerprint density at radius 2 is 0.766 bits per heavy atom. The van der Waals surface area contributed by atoms with Gasteiger partial charge in [0.1, 0.15) is 6.29 Å². The molecule has 0 saturated carbocycles. The number of methoxy groups -OCH3 is 1. The minimum atomic E-state index is 0.335. The van der Waals surface area contributed by atoms with Crippen LogP contribution in [0.2, 0.25) is 0 Å². The zero-order valence-electron chi connectivity index (χ0n) is 44.6. The quantitative estimate of drug-likeness (QED) is 0.0448. The van der Waals surface area contributed by atoms with Crippen LogP contribution in [-0.4, -0.2) is 118 Å². The Labute approximate surface area is 402 Å². The number of amides is 1. The van der Waals surface area contributed by atoms with Crippen LogP contribution in [0.4, 0.5) is 0 Å². The molecule has 0 aromatic carbocycles. The van der Waals surface area contributed by atoms with Crippen LogP contribution in [-0.2, 0) is 14.3 Å². The van der Waals surface area contributed by atoms with Crippen molar-refractivity contribution in [3.63, 3.8) is 0 Å². The fraction of sp³-hybridized carbons (Fsp3) is 0.965. The van der Waals surface area contributed by atoms with Gasteiger partial charge in [-0.25, -0.2) is 0 Å². The predicted molar refractivity (Wildman–Crippen MR) is 282 cm³/mol. The summed E-state index contributed by atoms with van der Waals surface area (Å²) in [6, 6.07) is 0. The molecule has 0 aliphatic carbocycles. The van der Waals surface area contributed by atoms with Crippen molar-refractivity contribution in [1.29, 1.82) is 0 Å². The van der Waals surface area contributed by atoms with E-state index >= 15 is 0 Å². The summed E-state index contributed by atoms with van der Waals surface area (Å²) in [5.41, 5.74) is 0. The van der Waals surface area contributed by atoms with Crippen molar-refractivity contribution in [2.75, 3.05) is 85.7 Å². The number of ether oxygens (including phenoxy) is 1. The molecule has 0 aromatic heterocycles. The summed E-state index contributed by atoms with van der Waals surface area (Å²) < 4.78 is 5.38. The summed E-state index contributed by atoms with van der Waals surface area (Å²) in [6.07, 6.45) is 49.6. The minimum absolute atomic E-state index is 0.335. The SMILES string of the molecule is CCCCCCCCCN(CC=O)CCCCCCCCC.CCCCCCCCCN(CCCCCCCCC)CCN(CCCCCCCCC)CC(=O)N1CCC(COC)C1. The van der Waals surface area contributed by atoms with Crippen molar-refractivity contribution < 1.29 is 14.3 Å². The standard InChI is InChI=1S/C37H75N3O2.C20H41NO/c1-5-8-11-14-17-20-23-27-38(28-24-21-18-15-12-9-6-2)31-32-39(29-25-22-19-16-13-10-7-3)34-37(41)40-30-26-36(33-40)35-42-4;1-3-5-7-9-11-13-15-17-21(19-20-22)18-16-14-12-10-8-6-4-2/h36H,5-35H2,1-4H3;20H,3-19H2,1-2H3. The molecule has 1 aliphatic heterocycles. The Balaban J connectivity index is 0.00000152. The molecule has 7 heteroatoms. The second-order valence-electron chi connectivity index (χ2n) is 20.1. The number of rotatable bonds is 49. The fourth-order valence-electron chi connectivity index (χ4n) is 9.47. The molecule has 1 fully saturated rings. The third kappa shape index (κ3) is 42.3. The molecule has 0 bridgehead atoms. The summed E-state index contributed by atoms with van der Waals surface area (Å²) in [5, 5.41) is 0. The molecule has 1 atom stereocenters. The van der Waals surface area contributed by atoms with Gasteiger partial charge in [0.2, 0.25) is 5.91 Å². The summed E-state index contributed by atoms with van der Waals surface area (Å²) in [6.45, 7) is 23.1. The van der Waals surface area contributed by atoms with Crippen LogP contribution >= 0.6 is 0 Å². The van der Waals surface area contributed by atoms with Crippen LogP contribution in [0, 0.1) is 5.92 Å². The first-order chi connectivity index (χ1) is 31.5. The molecular formula is C57H116N4O3. The number of unbranched alkanes of at least 4 members (excludes halogenated alkanes) is 30. The lowest BCUT2D eigenvalue weighted by molar-refractivity contribution is -0.131. The van der Waals surface area contributed by atoms with Gasteiger partial charge in [0.15, 0.2) is 0 Å². The Morgan fingerprint density at radius 3 is 1.11 bits per heavy atom. The molecule has 0 aromatic rings. The molecule has 1 unspecified atom stereocenters. The van der Waals surface area contributed by atoms with Gasteiger partial charge in [0.25, 0.3) is 0 Å². The third-order valence-electron chi connectivity index (χ3n) is 13.9. The van der Waals surface area contributed by atoms with E-state index in [1.165, 1.54) is 238 Å². The number of nitrogens with zero attached hydrogens (tertiary/aromatic N) is 4. The molecule has 1 amide bonds. The molecule has 1 rings (SSSR count). The van der Waals surface area contributed by atoms with Crippen molar-refractivity contribution in [2.45, 2.75) is 266 Å². The highest BCUT2D eigenvalue weighted by molar-refractivity contribution is 5.78. The minimum Gasteiger partial charge on any atom is -0.384 e. The van der Waals surface area contributed by atoms with Crippen molar-refractivity contribution in [2.24, 2.45) is 5.92 Å². The number of aldehydes is 1. The fourth-order valence-corrected chi connectivity index (χ4v) is 9.47. The summed E-state index contributed by atoms with van der Waals surface area (Å²) in [7, 11) is 1.78. The zero-order chi connectivity index (χ0) is 46.8. The third-order valence-corrected chi connectivity index (χ3v) is 13.9. The number of hydrogen-bond donors (Lipinski definition) is 0. The molecule has 0 radical (unpaired) electrons. The molecule has 64 heavy (non-hydrogen) atoms. The number of likely N-dealkylation sites (tertiary alicyclic amines) is 1. The monoisotopic (exact) mass is 905 g/mol. The summed E-state index contributed by atoms with van der Waals surface area (Å²) in [5.74, 6) is 0.845. The van der Waals surface area contributed by atoms with Crippen molar-refractivity contribution >= 4 is 12.2 Å². The van der Waals surface area contributed by atoms with E-state index in [1.54, 1.807) is 7.11 Å². The van der Waals surface area contributed by atoms with Crippen molar-refractivity contribution in [3.8, 4) is 0 Å².